The molecule has 27 nitrogen and oxygen atoms in total. The van der Waals surface area contributed by atoms with Gasteiger partial charge in [0.2, 0.25) is 59.1 Å². The lowest BCUT2D eigenvalue weighted by molar-refractivity contribution is -0.143. The number of thioether (sulfide) groups is 1. The van der Waals surface area contributed by atoms with Crippen LogP contribution in [0.5, 0.6) is 5.75 Å². The summed E-state index contributed by atoms with van der Waals surface area (Å²) in [6, 6.07) is 7.64. The second kappa shape index (κ2) is 33.2. The van der Waals surface area contributed by atoms with Crippen molar-refractivity contribution in [3.05, 3.63) is 102 Å². The van der Waals surface area contributed by atoms with E-state index < -0.39 is 152 Å². The highest BCUT2D eigenvalue weighted by molar-refractivity contribution is 7.98. The molecule has 3 aromatic carbocycles. The summed E-state index contributed by atoms with van der Waals surface area (Å²) in [6.07, 6.45) is -1.40. The number of amides is 10. The minimum atomic E-state index is -1.90. The number of phenols is 1. The predicted molar refractivity (Wildman–Crippen MR) is 285 cm³/mol. The number of carbonyl (C=O) groups excluding carboxylic acids is 10. The summed E-state index contributed by atoms with van der Waals surface area (Å²) < 4.78 is 0. The van der Waals surface area contributed by atoms with Gasteiger partial charge in [0.05, 0.1) is 32.3 Å². The number of rotatable bonds is 33. The average molecular weight is 1120 g/mol. The van der Waals surface area contributed by atoms with Crippen LogP contribution in [0.3, 0.4) is 0 Å². The van der Waals surface area contributed by atoms with Crippen molar-refractivity contribution < 1.29 is 78.3 Å². The quantitative estimate of drug-likeness (QED) is 0.0271. The Labute approximate surface area is 458 Å². The Morgan fingerprint density at radius 1 is 0.506 bits per heavy atom. The first-order valence-electron chi connectivity index (χ1n) is 24.7. The number of nitrogens with one attached hydrogen (secondary N) is 9. The number of hydrogen-bond donors (Lipinski definition) is 16. The van der Waals surface area contributed by atoms with Gasteiger partial charge in [-0.25, -0.2) is 4.79 Å². The third-order valence-corrected chi connectivity index (χ3v) is 12.4. The van der Waals surface area contributed by atoms with Gasteiger partial charge in [-0.2, -0.15) is 11.8 Å². The van der Waals surface area contributed by atoms with Crippen LogP contribution in [0.1, 0.15) is 43.4 Å². The first-order chi connectivity index (χ1) is 37.5. The normalized spacial score (nSPS) is 14.7. The fourth-order valence-corrected chi connectivity index (χ4v) is 7.90. The molecule has 0 saturated heterocycles. The molecule has 0 aliphatic rings. The van der Waals surface area contributed by atoms with Gasteiger partial charge in [0.25, 0.3) is 0 Å². The number of aliphatic carboxylic acids is 1. The molecule has 0 saturated carbocycles. The summed E-state index contributed by atoms with van der Waals surface area (Å²) in [6.45, 7) is -0.124. The number of primary amides is 1. The van der Waals surface area contributed by atoms with Crippen LogP contribution >= 0.6 is 11.8 Å². The zero-order valence-electron chi connectivity index (χ0n) is 43.5. The zero-order valence-corrected chi connectivity index (χ0v) is 44.3. The maximum Gasteiger partial charge on any atom is 0.328 e. The number of carboxylic acids is 1. The topological polar surface area (TPSA) is 449 Å². The summed E-state index contributed by atoms with van der Waals surface area (Å²) in [4.78, 5) is 146. The number of aliphatic hydroxyl groups excluding tert-OH is 3. The first kappa shape index (κ1) is 65.1. The Morgan fingerprint density at radius 2 is 0.911 bits per heavy atom. The summed E-state index contributed by atoms with van der Waals surface area (Å²) in [5, 5.41) is 71.0. The molecule has 0 unspecified atom stereocenters. The molecule has 3 rings (SSSR count). The van der Waals surface area contributed by atoms with Gasteiger partial charge in [0.1, 0.15) is 60.1 Å². The predicted octanol–water partition coefficient (Wildman–Crippen LogP) is -5.16. The lowest BCUT2D eigenvalue weighted by atomic mass is 10.0. The standard InChI is InChI=1S/C51H69N11O16S/c1-27(43(69)56-33(18-19-79-3)44(70)61-39(26-64)51(77)78)54-45(71)35(22-31-14-16-32(66)17-15-31)57-47(73)37(23-40(53)67)58-49(75)38(25-63)60-46(72)36(21-30-12-8-5-9-13-30)59-50(76)42(28(2)65)62-48(74)34(55-41(68)24-52)20-29-10-6-4-7-11-29/h4-17,27-28,33-39,42,63-66H,18-26,52H2,1-3H3,(H2,53,67)(H,54,71)(H,55,68)(H,56,69)(H,57,73)(H,58,75)(H,59,76)(H,60,72)(H,61,70)(H,62,74)(H,77,78)/t27-,28+,33-,34-,35-,36-,37-,38-,39-,42-/m0/s1. The number of carboxylic acid groups (broad SMARTS) is 1. The third kappa shape index (κ3) is 22.4. The van der Waals surface area contributed by atoms with E-state index in [-0.39, 0.29) is 31.4 Å². The number of phenolic OH excluding ortho intramolecular Hbond substituents is 1. The lowest BCUT2D eigenvalue weighted by Crippen LogP contribution is -2.62. The first-order valence-corrected chi connectivity index (χ1v) is 26.1. The van der Waals surface area contributed by atoms with Gasteiger partial charge >= 0.3 is 5.97 Å². The Balaban J connectivity index is 1.86. The van der Waals surface area contributed by atoms with E-state index in [2.05, 4.69) is 47.9 Å². The van der Waals surface area contributed by atoms with Crippen LogP contribution in [0.25, 0.3) is 0 Å². The van der Waals surface area contributed by atoms with Crippen LogP contribution in [-0.4, -0.2) is 183 Å². The molecule has 0 heterocycles. The van der Waals surface area contributed by atoms with Crippen molar-refractivity contribution in [1.82, 2.24) is 47.9 Å². The van der Waals surface area contributed by atoms with E-state index in [0.717, 1.165) is 0 Å². The van der Waals surface area contributed by atoms with Gasteiger partial charge in [-0.05, 0) is 61.1 Å². The minimum absolute atomic E-state index is 0.0114. The molecule has 3 aromatic rings. The molecule has 28 heteroatoms. The molecule has 10 amide bonds. The number of aliphatic hydroxyl groups is 3. The van der Waals surface area contributed by atoms with E-state index in [0.29, 0.717) is 22.4 Å². The fourth-order valence-electron chi connectivity index (χ4n) is 7.43. The second-order valence-electron chi connectivity index (χ2n) is 18.1. The van der Waals surface area contributed by atoms with Gasteiger partial charge < -0.3 is 84.9 Å². The Bertz CT molecular complexity index is 2560. The van der Waals surface area contributed by atoms with Crippen LogP contribution < -0.4 is 59.3 Å². The zero-order chi connectivity index (χ0) is 58.8. The summed E-state index contributed by atoms with van der Waals surface area (Å²) >= 11 is 1.31. The Hall–Kier alpha value is -8.18. The monoisotopic (exact) mass is 1120 g/mol. The molecule has 0 fully saturated rings. The summed E-state index contributed by atoms with van der Waals surface area (Å²) in [5.41, 5.74) is 12.4. The number of hydrogen-bond acceptors (Lipinski definition) is 17. The molecule has 79 heavy (non-hydrogen) atoms. The van der Waals surface area contributed by atoms with Crippen LogP contribution in [-0.2, 0) is 72.0 Å². The molecule has 0 radical (unpaired) electrons. The van der Waals surface area contributed by atoms with Crippen LogP contribution in [0.2, 0.25) is 0 Å². The molecule has 0 aliphatic heterocycles. The highest BCUT2D eigenvalue weighted by atomic mass is 32.2. The van der Waals surface area contributed by atoms with Crippen molar-refractivity contribution in [2.24, 2.45) is 11.5 Å². The van der Waals surface area contributed by atoms with Crippen molar-refractivity contribution in [3.63, 3.8) is 0 Å². The number of aromatic hydroxyl groups is 1. The molecule has 10 atom stereocenters. The number of benzene rings is 3. The Morgan fingerprint density at radius 3 is 1.39 bits per heavy atom. The number of carbonyl (C=O) groups is 11. The van der Waals surface area contributed by atoms with E-state index in [1.807, 2.05) is 0 Å². The van der Waals surface area contributed by atoms with E-state index in [1.165, 1.54) is 49.9 Å². The van der Waals surface area contributed by atoms with E-state index in [4.69, 9.17) is 11.5 Å². The van der Waals surface area contributed by atoms with Gasteiger partial charge in [0.15, 0.2) is 0 Å². The molecule has 0 aliphatic carbocycles. The summed E-state index contributed by atoms with van der Waals surface area (Å²) in [7, 11) is 0. The molecule has 18 N–H and O–H groups in total. The van der Waals surface area contributed by atoms with Crippen LogP contribution in [0, 0.1) is 0 Å². The smallest absolute Gasteiger partial charge is 0.328 e. The lowest BCUT2D eigenvalue weighted by Gasteiger charge is -2.28. The highest BCUT2D eigenvalue weighted by Crippen LogP contribution is 2.13. The van der Waals surface area contributed by atoms with Crippen molar-refractivity contribution in [2.45, 2.75) is 106 Å². The minimum Gasteiger partial charge on any atom is -0.508 e. The van der Waals surface area contributed by atoms with Crippen LogP contribution in [0.15, 0.2) is 84.9 Å². The van der Waals surface area contributed by atoms with E-state index in [1.54, 1.807) is 66.9 Å². The van der Waals surface area contributed by atoms with Crippen molar-refractivity contribution in [1.29, 1.82) is 0 Å². The molecule has 430 valence electrons. The van der Waals surface area contributed by atoms with Crippen molar-refractivity contribution in [2.75, 3.05) is 31.8 Å². The highest BCUT2D eigenvalue weighted by Gasteiger charge is 2.36. The Kier molecular flexibility index (Phi) is 27.4. The third-order valence-electron chi connectivity index (χ3n) is 11.8. The maximum atomic E-state index is 14.1. The molecule has 0 bridgehead atoms. The van der Waals surface area contributed by atoms with E-state index in [9.17, 15) is 78.3 Å². The average Bonchev–Trinajstić information content (AvgIpc) is 3.42. The number of nitrogens with two attached hydrogens (primary N) is 2. The largest absolute Gasteiger partial charge is 0.508 e. The fraction of sp³-hybridized carbons (Fsp3) is 0.431. The molecular weight excluding hydrogens is 1050 g/mol. The maximum absolute atomic E-state index is 14.1. The van der Waals surface area contributed by atoms with E-state index >= 15 is 0 Å². The van der Waals surface area contributed by atoms with Gasteiger partial charge in [-0.1, -0.05) is 72.8 Å². The summed E-state index contributed by atoms with van der Waals surface area (Å²) in [5.74, 6) is -11.6. The SMILES string of the molecule is CSCC[C@H](NC(=O)[C@H](C)NC(=O)[C@H](Cc1ccc(O)cc1)NC(=O)[C@H](CC(N)=O)NC(=O)[C@H](CO)NC(=O)[C@H](Cc1ccccc1)NC(=O)[C@@H](NC(=O)[C@H](Cc1ccccc1)NC(=O)CN)[C@@H](C)O)C(=O)N[C@@H](CO)C(=O)O. The van der Waals surface area contributed by atoms with Gasteiger partial charge in [-0.15, -0.1) is 0 Å². The van der Waals surface area contributed by atoms with Crippen molar-refractivity contribution in [3.8, 4) is 5.75 Å². The molecule has 0 aromatic heterocycles. The van der Waals surface area contributed by atoms with Gasteiger partial charge in [0, 0.05) is 19.3 Å². The van der Waals surface area contributed by atoms with Crippen molar-refractivity contribution >= 4 is 76.8 Å². The van der Waals surface area contributed by atoms with Crippen LogP contribution in [0.4, 0.5) is 0 Å². The molecule has 0 spiro atoms. The second-order valence-corrected chi connectivity index (χ2v) is 19.0. The molecular formula is C51H69N11O16S. The van der Waals surface area contributed by atoms with Gasteiger partial charge in [-0.3, -0.25) is 47.9 Å².